The monoisotopic (exact) mass is 271 g/mol. The third-order valence-electron chi connectivity index (χ3n) is 3.76. The fourth-order valence-corrected chi connectivity index (χ4v) is 2.22. The largest absolute Gasteiger partial charge is 0.382 e. The van der Waals surface area contributed by atoms with E-state index in [2.05, 4.69) is 20.8 Å². The summed E-state index contributed by atoms with van der Waals surface area (Å²) in [4.78, 5) is 14.2. The summed E-state index contributed by atoms with van der Waals surface area (Å²) >= 11 is 0. The number of rotatable bonds is 10. The Morgan fingerprint density at radius 3 is 2.53 bits per heavy atom. The molecule has 1 rings (SSSR count). The van der Waals surface area contributed by atoms with Crippen LogP contribution in [0.4, 0.5) is 0 Å². The second-order valence-corrected chi connectivity index (χ2v) is 5.82. The number of carbonyl (C=O) groups is 1. The van der Waals surface area contributed by atoms with Gasteiger partial charge < -0.3 is 14.4 Å². The Hall–Kier alpha value is -0.610. The molecule has 0 aromatic heterocycles. The molecule has 0 bridgehead atoms. The average molecular weight is 271 g/mol. The van der Waals surface area contributed by atoms with Crippen molar-refractivity contribution in [2.24, 2.45) is 11.8 Å². The Bertz CT molecular complexity index is 268. The van der Waals surface area contributed by atoms with E-state index in [1.807, 2.05) is 4.90 Å². The molecule has 1 fully saturated rings. The molecule has 112 valence electrons. The molecule has 1 aliphatic carbocycles. The van der Waals surface area contributed by atoms with E-state index in [0.717, 1.165) is 24.8 Å². The standard InChI is InChI=1S/C15H29NO3/c1-12(2)16(11-14-10-13(14)3)15(17)6-5-7-19-9-8-18-4/h12-14H,5-11H2,1-4H3/t13-,14-/m0/s1. The number of ether oxygens (including phenoxy) is 2. The molecule has 1 aliphatic rings. The molecule has 19 heavy (non-hydrogen) atoms. The number of carbonyl (C=O) groups excluding carboxylic acids is 1. The van der Waals surface area contributed by atoms with Gasteiger partial charge in [-0.2, -0.15) is 0 Å². The second-order valence-electron chi connectivity index (χ2n) is 5.82. The van der Waals surface area contributed by atoms with Crippen LogP contribution in [0.5, 0.6) is 0 Å². The van der Waals surface area contributed by atoms with Crippen molar-refractivity contribution < 1.29 is 14.3 Å². The Morgan fingerprint density at radius 1 is 1.32 bits per heavy atom. The molecule has 0 heterocycles. The summed E-state index contributed by atoms with van der Waals surface area (Å²) in [6, 6.07) is 0.301. The van der Waals surface area contributed by atoms with Gasteiger partial charge >= 0.3 is 0 Å². The third kappa shape index (κ3) is 6.39. The van der Waals surface area contributed by atoms with E-state index in [4.69, 9.17) is 9.47 Å². The van der Waals surface area contributed by atoms with E-state index in [1.54, 1.807) is 7.11 Å². The Kier molecular flexibility index (Phi) is 7.39. The molecule has 1 saturated carbocycles. The summed E-state index contributed by atoms with van der Waals surface area (Å²) in [5.41, 5.74) is 0. The fourth-order valence-electron chi connectivity index (χ4n) is 2.22. The minimum absolute atomic E-state index is 0.268. The van der Waals surface area contributed by atoms with Gasteiger partial charge in [0.05, 0.1) is 13.2 Å². The topological polar surface area (TPSA) is 38.8 Å². The van der Waals surface area contributed by atoms with Crippen LogP contribution in [-0.2, 0) is 14.3 Å². The van der Waals surface area contributed by atoms with Crippen LogP contribution in [-0.4, -0.2) is 50.3 Å². The molecule has 0 N–H and O–H groups in total. The summed E-state index contributed by atoms with van der Waals surface area (Å²) in [6.45, 7) is 9.25. The lowest BCUT2D eigenvalue weighted by atomic mass is 10.2. The zero-order valence-electron chi connectivity index (χ0n) is 12.9. The van der Waals surface area contributed by atoms with Gasteiger partial charge in [0.1, 0.15) is 0 Å². The van der Waals surface area contributed by atoms with E-state index < -0.39 is 0 Å². The molecule has 0 spiro atoms. The van der Waals surface area contributed by atoms with Gasteiger partial charge in [0.15, 0.2) is 0 Å². The van der Waals surface area contributed by atoms with E-state index >= 15 is 0 Å². The number of nitrogens with zero attached hydrogens (tertiary/aromatic N) is 1. The molecular formula is C15H29NO3. The molecule has 2 atom stereocenters. The van der Waals surface area contributed by atoms with Crippen molar-refractivity contribution in [3.8, 4) is 0 Å². The molecule has 0 unspecified atom stereocenters. The zero-order valence-corrected chi connectivity index (χ0v) is 12.9. The van der Waals surface area contributed by atoms with Gasteiger partial charge in [-0.15, -0.1) is 0 Å². The first-order chi connectivity index (χ1) is 9.06. The highest BCUT2D eigenvalue weighted by Crippen LogP contribution is 2.38. The van der Waals surface area contributed by atoms with Crippen LogP contribution in [0.25, 0.3) is 0 Å². The highest BCUT2D eigenvalue weighted by Gasteiger charge is 2.35. The van der Waals surface area contributed by atoms with Gasteiger partial charge in [-0.25, -0.2) is 0 Å². The Balaban J connectivity index is 2.17. The van der Waals surface area contributed by atoms with Gasteiger partial charge in [0, 0.05) is 32.7 Å². The molecule has 4 nitrogen and oxygen atoms in total. The Labute approximate surface area is 117 Å². The first kappa shape index (κ1) is 16.4. The fraction of sp³-hybridized carbons (Fsp3) is 0.933. The summed E-state index contributed by atoms with van der Waals surface area (Å²) in [7, 11) is 1.66. The molecule has 1 amide bonds. The summed E-state index contributed by atoms with van der Waals surface area (Å²) in [5.74, 6) is 1.79. The predicted octanol–water partition coefficient (Wildman–Crippen LogP) is 2.32. The van der Waals surface area contributed by atoms with Crippen molar-refractivity contribution in [1.29, 1.82) is 0 Å². The molecule has 4 heteroatoms. The number of hydrogen-bond acceptors (Lipinski definition) is 3. The van der Waals surface area contributed by atoms with Gasteiger partial charge in [0.25, 0.3) is 0 Å². The lowest BCUT2D eigenvalue weighted by Gasteiger charge is -2.27. The Morgan fingerprint density at radius 2 is 2.00 bits per heavy atom. The highest BCUT2D eigenvalue weighted by atomic mass is 16.5. The number of methoxy groups -OCH3 is 1. The first-order valence-electron chi connectivity index (χ1n) is 7.42. The van der Waals surface area contributed by atoms with E-state index in [1.165, 1.54) is 6.42 Å². The summed E-state index contributed by atoms with van der Waals surface area (Å²) < 4.78 is 10.3. The first-order valence-corrected chi connectivity index (χ1v) is 7.42. The summed E-state index contributed by atoms with van der Waals surface area (Å²) in [6.07, 6.45) is 2.66. The molecular weight excluding hydrogens is 242 g/mol. The van der Waals surface area contributed by atoms with Gasteiger partial charge in [0.2, 0.25) is 5.91 Å². The molecule has 0 saturated heterocycles. The van der Waals surface area contributed by atoms with Crippen molar-refractivity contribution in [1.82, 2.24) is 4.90 Å². The third-order valence-corrected chi connectivity index (χ3v) is 3.76. The van der Waals surface area contributed by atoms with Crippen LogP contribution in [0.3, 0.4) is 0 Å². The van der Waals surface area contributed by atoms with E-state index in [0.29, 0.717) is 32.3 Å². The lowest BCUT2D eigenvalue weighted by molar-refractivity contribution is -0.133. The van der Waals surface area contributed by atoms with Crippen molar-refractivity contribution in [3.63, 3.8) is 0 Å². The maximum atomic E-state index is 12.2. The quantitative estimate of drug-likeness (QED) is 0.572. The SMILES string of the molecule is COCCOCCCC(=O)N(C[C@@H]1C[C@@H]1C)C(C)C. The molecule has 0 aliphatic heterocycles. The number of amides is 1. The van der Waals surface area contributed by atoms with E-state index in [-0.39, 0.29) is 5.91 Å². The van der Waals surface area contributed by atoms with Crippen molar-refractivity contribution in [2.75, 3.05) is 33.5 Å². The predicted molar refractivity (Wildman–Crippen MR) is 76.0 cm³/mol. The average Bonchev–Trinajstić information content (AvgIpc) is 3.06. The van der Waals surface area contributed by atoms with Crippen molar-refractivity contribution in [3.05, 3.63) is 0 Å². The minimum Gasteiger partial charge on any atom is -0.382 e. The normalized spacial score (nSPS) is 21.7. The maximum absolute atomic E-state index is 12.2. The van der Waals surface area contributed by atoms with Crippen LogP contribution < -0.4 is 0 Å². The summed E-state index contributed by atoms with van der Waals surface area (Å²) in [5, 5.41) is 0. The highest BCUT2D eigenvalue weighted by molar-refractivity contribution is 5.76. The van der Waals surface area contributed by atoms with Crippen LogP contribution >= 0.6 is 0 Å². The number of hydrogen-bond donors (Lipinski definition) is 0. The van der Waals surface area contributed by atoms with Crippen molar-refractivity contribution >= 4 is 5.91 Å². The molecule has 0 radical (unpaired) electrons. The van der Waals surface area contributed by atoms with Gasteiger partial charge in [-0.3, -0.25) is 4.79 Å². The second kappa shape index (κ2) is 8.54. The van der Waals surface area contributed by atoms with Crippen LogP contribution in [0, 0.1) is 11.8 Å². The van der Waals surface area contributed by atoms with Crippen LogP contribution in [0.15, 0.2) is 0 Å². The van der Waals surface area contributed by atoms with Crippen LogP contribution in [0.1, 0.15) is 40.0 Å². The van der Waals surface area contributed by atoms with Gasteiger partial charge in [-0.05, 0) is 38.5 Å². The zero-order chi connectivity index (χ0) is 14.3. The lowest BCUT2D eigenvalue weighted by Crippen LogP contribution is -2.38. The minimum atomic E-state index is 0.268. The maximum Gasteiger partial charge on any atom is 0.222 e. The van der Waals surface area contributed by atoms with Crippen LogP contribution in [0.2, 0.25) is 0 Å². The smallest absolute Gasteiger partial charge is 0.222 e. The molecule has 0 aromatic carbocycles. The molecule has 0 aromatic rings. The van der Waals surface area contributed by atoms with E-state index in [9.17, 15) is 4.79 Å². The van der Waals surface area contributed by atoms with Gasteiger partial charge in [-0.1, -0.05) is 6.92 Å². The van der Waals surface area contributed by atoms with Crippen molar-refractivity contribution in [2.45, 2.75) is 46.1 Å².